The molecule has 0 N–H and O–H groups in total. The number of sulfonamides is 1. The number of rotatable bonds is 6. The van der Waals surface area contributed by atoms with Crippen LogP contribution in [0.5, 0.6) is 0 Å². The fraction of sp³-hybridized carbons (Fsp3) is 0.421. The maximum absolute atomic E-state index is 13.4. The van der Waals surface area contributed by atoms with E-state index < -0.39 is 15.8 Å². The molecule has 7 nitrogen and oxygen atoms in total. The van der Waals surface area contributed by atoms with Crippen molar-refractivity contribution >= 4 is 15.9 Å². The summed E-state index contributed by atoms with van der Waals surface area (Å²) >= 11 is 0. The lowest BCUT2D eigenvalue weighted by Crippen LogP contribution is -2.51. The Labute approximate surface area is 164 Å². The number of aryl methyl sites for hydroxylation is 1. The number of hydrogen-bond donors (Lipinski definition) is 0. The first-order valence-corrected chi connectivity index (χ1v) is 10.5. The van der Waals surface area contributed by atoms with Gasteiger partial charge in [0.2, 0.25) is 15.9 Å². The molecule has 3 rings (SSSR count). The highest BCUT2D eigenvalue weighted by atomic mass is 32.2. The molecule has 2 heterocycles. The van der Waals surface area contributed by atoms with E-state index in [1.54, 1.807) is 11.9 Å². The van der Waals surface area contributed by atoms with Crippen LogP contribution in [0.3, 0.4) is 0 Å². The third-order valence-electron chi connectivity index (χ3n) is 4.74. The molecular weight excluding hydrogens is 385 g/mol. The van der Waals surface area contributed by atoms with E-state index in [0.717, 1.165) is 17.6 Å². The van der Waals surface area contributed by atoms with E-state index in [0.29, 0.717) is 19.6 Å². The smallest absolute Gasteiger partial charge is 0.243 e. The third-order valence-corrected chi connectivity index (χ3v) is 6.63. The van der Waals surface area contributed by atoms with Crippen LogP contribution < -0.4 is 0 Å². The topological polar surface area (TPSA) is 74.1 Å². The molecule has 0 saturated carbocycles. The van der Waals surface area contributed by atoms with Crippen LogP contribution >= 0.6 is 0 Å². The van der Waals surface area contributed by atoms with Gasteiger partial charge in [-0.3, -0.25) is 9.69 Å². The van der Waals surface area contributed by atoms with Crippen molar-refractivity contribution in [3.05, 3.63) is 53.7 Å². The molecule has 1 aliphatic rings. The van der Waals surface area contributed by atoms with Crippen LogP contribution in [0.25, 0.3) is 0 Å². The van der Waals surface area contributed by atoms with Gasteiger partial charge >= 0.3 is 0 Å². The highest BCUT2D eigenvalue weighted by Gasteiger charge is 2.29. The minimum atomic E-state index is -3.73. The molecule has 0 bridgehead atoms. The van der Waals surface area contributed by atoms with Crippen LogP contribution in [0.15, 0.2) is 45.7 Å². The second-order valence-corrected chi connectivity index (χ2v) is 8.84. The highest BCUT2D eigenvalue weighted by Crippen LogP contribution is 2.18. The van der Waals surface area contributed by atoms with Crippen molar-refractivity contribution in [2.45, 2.75) is 18.4 Å². The molecule has 28 heavy (non-hydrogen) atoms. The van der Waals surface area contributed by atoms with Crippen LogP contribution in [0, 0.1) is 12.7 Å². The van der Waals surface area contributed by atoms with E-state index >= 15 is 0 Å². The van der Waals surface area contributed by atoms with Crippen molar-refractivity contribution in [3.8, 4) is 0 Å². The minimum absolute atomic E-state index is 0.0505. The zero-order valence-electron chi connectivity index (χ0n) is 16.0. The lowest BCUT2D eigenvalue weighted by Gasteiger charge is -2.34. The maximum atomic E-state index is 13.4. The fourth-order valence-corrected chi connectivity index (χ4v) is 4.56. The van der Waals surface area contributed by atoms with Crippen LogP contribution in [-0.2, 0) is 21.4 Å². The molecule has 1 saturated heterocycles. The first-order valence-electron chi connectivity index (χ1n) is 9.03. The average molecular weight is 409 g/mol. The predicted molar refractivity (Wildman–Crippen MR) is 102 cm³/mol. The first kappa shape index (κ1) is 20.5. The van der Waals surface area contributed by atoms with Gasteiger partial charge in [-0.1, -0.05) is 6.07 Å². The van der Waals surface area contributed by atoms with Gasteiger partial charge in [-0.2, -0.15) is 4.31 Å². The second kappa shape index (κ2) is 8.42. The summed E-state index contributed by atoms with van der Waals surface area (Å²) < 4.78 is 45.5. The summed E-state index contributed by atoms with van der Waals surface area (Å²) in [7, 11) is -2.02. The summed E-state index contributed by atoms with van der Waals surface area (Å²) in [6, 6.07) is 8.70. The highest BCUT2D eigenvalue weighted by molar-refractivity contribution is 7.89. The normalized spacial score (nSPS) is 16.2. The van der Waals surface area contributed by atoms with Crippen molar-refractivity contribution in [2.24, 2.45) is 0 Å². The largest absolute Gasteiger partial charge is 0.464 e. The lowest BCUT2D eigenvalue weighted by atomic mass is 10.3. The zero-order chi connectivity index (χ0) is 20.3. The molecule has 1 aromatic heterocycles. The molecule has 1 aromatic carbocycles. The number of halogens is 1. The van der Waals surface area contributed by atoms with Gasteiger partial charge in [-0.05, 0) is 37.3 Å². The van der Waals surface area contributed by atoms with E-state index in [1.165, 1.54) is 22.5 Å². The first-order chi connectivity index (χ1) is 13.3. The number of carbonyl (C=O) groups is 1. The minimum Gasteiger partial charge on any atom is -0.464 e. The lowest BCUT2D eigenvalue weighted by molar-refractivity contribution is -0.132. The number of furan rings is 1. The summed E-state index contributed by atoms with van der Waals surface area (Å²) in [4.78, 5) is 15.9. The summed E-state index contributed by atoms with van der Waals surface area (Å²) in [5.41, 5.74) is 0. The Morgan fingerprint density at radius 3 is 2.50 bits per heavy atom. The Balaban J connectivity index is 1.53. The van der Waals surface area contributed by atoms with Gasteiger partial charge < -0.3 is 9.32 Å². The molecule has 0 unspecified atom stereocenters. The van der Waals surface area contributed by atoms with Crippen molar-refractivity contribution < 1.29 is 22.0 Å². The molecule has 9 heteroatoms. The van der Waals surface area contributed by atoms with Crippen molar-refractivity contribution in [1.82, 2.24) is 14.1 Å². The Kier molecular flexibility index (Phi) is 6.17. The Morgan fingerprint density at radius 2 is 1.89 bits per heavy atom. The molecule has 0 spiro atoms. The van der Waals surface area contributed by atoms with Crippen LogP contribution in [0.4, 0.5) is 4.39 Å². The number of amides is 1. The zero-order valence-corrected chi connectivity index (χ0v) is 16.8. The molecule has 0 radical (unpaired) electrons. The van der Waals surface area contributed by atoms with Crippen LogP contribution in [-0.4, -0.2) is 68.2 Å². The summed E-state index contributed by atoms with van der Waals surface area (Å²) in [5.74, 6) is 0.876. The van der Waals surface area contributed by atoms with E-state index in [9.17, 15) is 17.6 Å². The van der Waals surface area contributed by atoms with Gasteiger partial charge in [0, 0.05) is 33.2 Å². The molecule has 0 atom stereocenters. The number of hydrogen-bond acceptors (Lipinski definition) is 5. The summed E-state index contributed by atoms with van der Waals surface area (Å²) in [5, 5.41) is 0. The third kappa shape index (κ3) is 4.78. The number of piperazine rings is 1. The monoisotopic (exact) mass is 409 g/mol. The van der Waals surface area contributed by atoms with Crippen molar-refractivity contribution in [1.29, 1.82) is 0 Å². The number of nitrogens with zero attached hydrogens (tertiary/aromatic N) is 3. The second-order valence-electron chi connectivity index (χ2n) is 6.90. The van der Waals surface area contributed by atoms with E-state index in [2.05, 4.69) is 0 Å². The molecular formula is C19H24FN3O4S. The van der Waals surface area contributed by atoms with Gasteiger partial charge in [0.15, 0.2) is 0 Å². The Hall–Kier alpha value is -2.23. The SMILES string of the molecule is Cc1ccc(CN(C)C(=O)CN2CCN(S(=O)(=O)c3cccc(F)c3)CC2)o1. The molecule has 2 aromatic rings. The molecule has 0 aliphatic carbocycles. The number of likely N-dealkylation sites (N-methyl/N-ethyl adjacent to an activating group) is 1. The van der Waals surface area contributed by atoms with Gasteiger partial charge in [-0.25, -0.2) is 12.8 Å². The maximum Gasteiger partial charge on any atom is 0.243 e. The quantitative estimate of drug-likeness (QED) is 0.726. The van der Waals surface area contributed by atoms with Gasteiger partial charge in [0.05, 0.1) is 18.0 Å². The summed E-state index contributed by atoms with van der Waals surface area (Å²) in [6.45, 7) is 3.84. The molecule has 1 aliphatic heterocycles. The van der Waals surface area contributed by atoms with Crippen LogP contribution in [0.1, 0.15) is 11.5 Å². The fourth-order valence-electron chi connectivity index (χ4n) is 3.11. The molecule has 1 amide bonds. The van der Waals surface area contributed by atoms with Crippen molar-refractivity contribution in [2.75, 3.05) is 39.8 Å². The van der Waals surface area contributed by atoms with Gasteiger partial charge in [0.1, 0.15) is 17.3 Å². The standard InChI is InChI=1S/C19H24FN3O4S/c1-15-6-7-17(27-15)13-21(2)19(24)14-22-8-10-23(11-9-22)28(25,26)18-5-3-4-16(20)12-18/h3-7,12H,8-11,13-14H2,1-2H3. The van der Waals surface area contributed by atoms with Crippen molar-refractivity contribution in [3.63, 3.8) is 0 Å². The predicted octanol–water partition coefficient (Wildman–Crippen LogP) is 1.69. The number of carbonyl (C=O) groups excluding carboxylic acids is 1. The summed E-state index contributed by atoms with van der Waals surface area (Å²) in [6.07, 6.45) is 0. The van der Waals surface area contributed by atoms with Gasteiger partial charge in [-0.15, -0.1) is 0 Å². The van der Waals surface area contributed by atoms with E-state index in [1.807, 2.05) is 24.0 Å². The Morgan fingerprint density at radius 1 is 1.18 bits per heavy atom. The molecule has 152 valence electrons. The average Bonchev–Trinajstić information content (AvgIpc) is 3.07. The van der Waals surface area contributed by atoms with E-state index in [-0.39, 0.29) is 30.4 Å². The van der Waals surface area contributed by atoms with Gasteiger partial charge in [0.25, 0.3) is 0 Å². The molecule has 1 fully saturated rings. The van der Waals surface area contributed by atoms with Crippen LogP contribution in [0.2, 0.25) is 0 Å². The Bertz CT molecular complexity index is 936. The van der Waals surface area contributed by atoms with E-state index in [4.69, 9.17) is 4.42 Å². The number of benzene rings is 1.